The Balaban J connectivity index is 2.32. The molecule has 3 rings (SSSR count). The van der Waals surface area contributed by atoms with Gasteiger partial charge in [-0.3, -0.25) is 4.79 Å². The van der Waals surface area contributed by atoms with Gasteiger partial charge in [0, 0.05) is 17.4 Å². The van der Waals surface area contributed by atoms with Crippen molar-refractivity contribution in [2.75, 3.05) is 0 Å². The highest BCUT2D eigenvalue weighted by Gasteiger charge is 2.43. The molecule has 2 aliphatic rings. The van der Waals surface area contributed by atoms with Crippen molar-refractivity contribution >= 4 is 11.4 Å². The normalized spacial score (nSPS) is 21.9. The third kappa shape index (κ3) is 0.956. The Morgan fingerprint density at radius 3 is 2.67 bits per heavy atom. The number of rotatable bonds is 0. The van der Waals surface area contributed by atoms with Crippen LogP contribution in [0, 0.1) is 0 Å². The summed E-state index contributed by atoms with van der Waals surface area (Å²) in [5, 5.41) is 0. The predicted octanol–water partition coefficient (Wildman–Crippen LogP) is 3.09. The van der Waals surface area contributed by atoms with Gasteiger partial charge in [-0.1, -0.05) is 38.1 Å². The van der Waals surface area contributed by atoms with E-state index >= 15 is 0 Å². The molecule has 0 heterocycles. The summed E-state index contributed by atoms with van der Waals surface area (Å²) in [4.78, 5) is 11.9. The van der Waals surface area contributed by atoms with Crippen LogP contribution >= 0.6 is 0 Å². The summed E-state index contributed by atoms with van der Waals surface area (Å²) < 4.78 is 0. The third-order valence-corrected chi connectivity index (χ3v) is 3.73. The van der Waals surface area contributed by atoms with Crippen LogP contribution < -0.4 is 0 Å². The second kappa shape index (κ2) is 2.60. The highest BCUT2D eigenvalue weighted by Crippen LogP contribution is 2.51. The minimum Gasteiger partial charge on any atom is -0.294 e. The van der Waals surface area contributed by atoms with Gasteiger partial charge in [0.15, 0.2) is 5.78 Å². The molecule has 1 nitrogen and oxygen atoms in total. The van der Waals surface area contributed by atoms with E-state index in [1.807, 2.05) is 0 Å². The molecule has 0 saturated heterocycles. The maximum atomic E-state index is 11.9. The molecule has 0 N–H and O–H groups in total. The first-order chi connectivity index (χ1) is 7.12. The Bertz CT molecular complexity index is 492. The fourth-order valence-electron chi connectivity index (χ4n) is 3.08. The van der Waals surface area contributed by atoms with Crippen molar-refractivity contribution in [2.24, 2.45) is 0 Å². The van der Waals surface area contributed by atoms with E-state index in [1.54, 1.807) is 0 Å². The maximum absolute atomic E-state index is 11.9. The van der Waals surface area contributed by atoms with E-state index < -0.39 is 0 Å². The van der Waals surface area contributed by atoms with E-state index in [1.165, 1.54) is 16.7 Å². The van der Waals surface area contributed by atoms with Crippen LogP contribution in [0.15, 0.2) is 29.8 Å². The zero-order valence-electron chi connectivity index (χ0n) is 9.13. The molecule has 0 aliphatic heterocycles. The molecule has 1 aromatic carbocycles. The lowest BCUT2D eigenvalue weighted by Gasteiger charge is -2.22. The van der Waals surface area contributed by atoms with Crippen molar-refractivity contribution in [1.29, 1.82) is 0 Å². The quantitative estimate of drug-likeness (QED) is 0.626. The Hall–Kier alpha value is -1.37. The lowest BCUT2D eigenvalue weighted by Crippen LogP contribution is -2.21. The average molecular weight is 198 g/mol. The first kappa shape index (κ1) is 8.90. The zero-order chi connectivity index (χ0) is 10.6. The maximum Gasteiger partial charge on any atom is 0.160 e. The van der Waals surface area contributed by atoms with Gasteiger partial charge in [0.2, 0.25) is 0 Å². The number of hydrogen-bond donors (Lipinski definition) is 0. The van der Waals surface area contributed by atoms with Gasteiger partial charge >= 0.3 is 0 Å². The van der Waals surface area contributed by atoms with E-state index in [2.05, 4.69) is 38.1 Å². The smallest absolute Gasteiger partial charge is 0.160 e. The number of carbonyl (C=O) groups excluding carboxylic acids is 1. The number of ketones is 1. The molecule has 1 heteroatoms. The second-order valence-electron chi connectivity index (χ2n) is 4.95. The molecule has 0 bridgehead atoms. The Morgan fingerprint density at radius 2 is 1.87 bits per heavy atom. The molecular formula is C14H14O. The van der Waals surface area contributed by atoms with Crippen LogP contribution in [0.5, 0.6) is 0 Å². The SMILES string of the molecule is CC1(C)C2=C(CCC2=O)c2ccccc21. The number of benzene rings is 1. The van der Waals surface area contributed by atoms with Gasteiger partial charge in [0.05, 0.1) is 0 Å². The molecule has 0 radical (unpaired) electrons. The average Bonchev–Trinajstić information content (AvgIpc) is 2.69. The molecule has 15 heavy (non-hydrogen) atoms. The van der Waals surface area contributed by atoms with Crippen LogP contribution in [0.4, 0.5) is 0 Å². The minimum absolute atomic E-state index is 0.0699. The summed E-state index contributed by atoms with van der Waals surface area (Å²) in [6.07, 6.45) is 1.65. The molecule has 2 aliphatic carbocycles. The number of carbonyl (C=O) groups is 1. The Kier molecular flexibility index (Phi) is 1.54. The van der Waals surface area contributed by atoms with E-state index in [9.17, 15) is 4.79 Å². The van der Waals surface area contributed by atoms with Gasteiger partial charge in [0.1, 0.15) is 0 Å². The first-order valence-corrected chi connectivity index (χ1v) is 5.49. The van der Waals surface area contributed by atoms with Crippen molar-refractivity contribution < 1.29 is 4.79 Å². The number of fused-ring (bicyclic) bond motifs is 2. The van der Waals surface area contributed by atoms with Crippen molar-refractivity contribution in [3.63, 3.8) is 0 Å². The van der Waals surface area contributed by atoms with Crippen molar-refractivity contribution in [3.8, 4) is 0 Å². The molecule has 0 atom stereocenters. The summed E-state index contributed by atoms with van der Waals surface area (Å²) in [6, 6.07) is 8.43. The van der Waals surface area contributed by atoms with Gasteiger partial charge in [-0.05, 0) is 23.1 Å². The Labute approximate surface area is 89.8 Å². The lowest BCUT2D eigenvalue weighted by atomic mass is 9.80. The van der Waals surface area contributed by atoms with Crippen LogP contribution in [-0.4, -0.2) is 5.78 Å². The van der Waals surface area contributed by atoms with Crippen LogP contribution in [0.2, 0.25) is 0 Å². The van der Waals surface area contributed by atoms with Gasteiger partial charge in [-0.2, -0.15) is 0 Å². The van der Waals surface area contributed by atoms with Crippen LogP contribution in [0.3, 0.4) is 0 Å². The first-order valence-electron chi connectivity index (χ1n) is 5.49. The third-order valence-electron chi connectivity index (χ3n) is 3.73. The van der Waals surface area contributed by atoms with E-state index in [-0.39, 0.29) is 5.41 Å². The number of allylic oxidation sites excluding steroid dienone is 2. The van der Waals surface area contributed by atoms with Gasteiger partial charge in [-0.25, -0.2) is 0 Å². The molecule has 1 aromatic rings. The fraction of sp³-hybridized carbons (Fsp3) is 0.357. The summed E-state index contributed by atoms with van der Waals surface area (Å²) in [6.45, 7) is 4.33. The predicted molar refractivity (Wildman–Crippen MR) is 60.6 cm³/mol. The Morgan fingerprint density at radius 1 is 1.13 bits per heavy atom. The van der Waals surface area contributed by atoms with Crippen molar-refractivity contribution in [3.05, 3.63) is 41.0 Å². The van der Waals surface area contributed by atoms with Crippen LogP contribution in [0.1, 0.15) is 37.8 Å². The van der Waals surface area contributed by atoms with Crippen LogP contribution in [-0.2, 0) is 10.2 Å². The highest BCUT2D eigenvalue weighted by molar-refractivity contribution is 6.11. The zero-order valence-corrected chi connectivity index (χ0v) is 9.13. The lowest BCUT2D eigenvalue weighted by molar-refractivity contribution is -0.115. The second-order valence-corrected chi connectivity index (χ2v) is 4.95. The summed E-state index contributed by atoms with van der Waals surface area (Å²) >= 11 is 0. The minimum atomic E-state index is -0.0699. The van der Waals surface area contributed by atoms with Gasteiger partial charge < -0.3 is 0 Å². The largest absolute Gasteiger partial charge is 0.294 e. The molecule has 0 saturated carbocycles. The van der Waals surface area contributed by atoms with E-state index in [4.69, 9.17) is 0 Å². The standard InChI is InChI=1S/C14H14O/c1-14(2)11-6-4-3-5-9(11)10-7-8-12(15)13(10)14/h3-6H,7-8H2,1-2H3. The van der Waals surface area contributed by atoms with Crippen molar-refractivity contribution in [2.45, 2.75) is 32.1 Å². The summed E-state index contributed by atoms with van der Waals surface area (Å²) in [5.74, 6) is 0.353. The molecule has 0 aromatic heterocycles. The van der Waals surface area contributed by atoms with Gasteiger partial charge in [-0.15, -0.1) is 0 Å². The summed E-state index contributed by atoms with van der Waals surface area (Å²) in [5.41, 5.74) is 4.94. The van der Waals surface area contributed by atoms with Gasteiger partial charge in [0.25, 0.3) is 0 Å². The molecule has 76 valence electrons. The molecular weight excluding hydrogens is 184 g/mol. The van der Waals surface area contributed by atoms with Crippen molar-refractivity contribution in [1.82, 2.24) is 0 Å². The highest BCUT2D eigenvalue weighted by atomic mass is 16.1. The molecule has 0 unspecified atom stereocenters. The molecule has 0 spiro atoms. The molecule has 0 amide bonds. The van der Waals surface area contributed by atoms with Crippen LogP contribution in [0.25, 0.3) is 5.57 Å². The fourth-order valence-corrected chi connectivity index (χ4v) is 3.08. The van der Waals surface area contributed by atoms with E-state index in [0.29, 0.717) is 12.2 Å². The monoisotopic (exact) mass is 198 g/mol. The topological polar surface area (TPSA) is 17.1 Å². The number of Topliss-reactive ketones (excluding diaryl/α,β-unsaturated/α-hetero) is 1. The molecule has 0 fully saturated rings. The summed E-state index contributed by atoms with van der Waals surface area (Å²) in [7, 11) is 0. The number of hydrogen-bond acceptors (Lipinski definition) is 1. The van der Waals surface area contributed by atoms with E-state index in [0.717, 1.165) is 12.0 Å².